The van der Waals surface area contributed by atoms with Gasteiger partial charge in [0.15, 0.2) is 0 Å². The number of carbonyl (C=O) groups is 2. The Labute approximate surface area is 190 Å². The largest absolute Gasteiger partial charge is 0.450 e. The van der Waals surface area contributed by atoms with Gasteiger partial charge in [0.05, 0.1) is 6.61 Å². The molecule has 4 rings (SSSR count). The standard InChI is InChI=1S/C24H35FN4O3/c1-4-32-23(31)28-12-5-6-19(9-13-28)27-14-10-24(11-15-27)17-29(22(30)26(2)3)21-8-7-18(25)16-20(21)24/h7-8,16,19H,4-6,9-15,17H2,1-3H3. The lowest BCUT2D eigenvalue weighted by molar-refractivity contribution is 0.0995. The summed E-state index contributed by atoms with van der Waals surface area (Å²) in [4.78, 5) is 32.7. The predicted octanol–water partition coefficient (Wildman–Crippen LogP) is 3.67. The van der Waals surface area contributed by atoms with Gasteiger partial charge in [-0.3, -0.25) is 4.90 Å². The molecule has 1 spiro atoms. The molecule has 0 saturated carbocycles. The Bertz CT molecular complexity index is 854. The lowest BCUT2D eigenvalue weighted by atomic mass is 9.74. The van der Waals surface area contributed by atoms with E-state index in [-0.39, 0.29) is 23.4 Å². The molecule has 3 aliphatic heterocycles. The van der Waals surface area contributed by atoms with Gasteiger partial charge in [-0.1, -0.05) is 0 Å². The number of carbonyl (C=O) groups excluding carboxylic acids is 2. The van der Waals surface area contributed by atoms with E-state index in [0.29, 0.717) is 19.2 Å². The van der Waals surface area contributed by atoms with Crippen LogP contribution < -0.4 is 4.90 Å². The van der Waals surface area contributed by atoms with E-state index in [4.69, 9.17) is 4.74 Å². The Balaban J connectivity index is 1.44. The van der Waals surface area contributed by atoms with Crippen molar-refractivity contribution in [2.24, 2.45) is 0 Å². The zero-order valence-corrected chi connectivity index (χ0v) is 19.5. The number of piperidine rings is 1. The molecule has 0 radical (unpaired) electrons. The van der Waals surface area contributed by atoms with Crippen molar-refractivity contribution in [2.75, 3.05) is 58.3 Å². The van der Waals surface area contributed by atoms with Gasteiger partial charge in [-0.05, 0) is 75.9 Å². The summed E-state index contributed by atoms with van der Waals surface area (Å²) in [6, 6.07) is 5.22. The van der Waals surface area contributed by atoms with Gasteiger partial charge in [-0.25, -0.2) is 14.0 Å². The normalized spacial score (nSPS) is 23.1. The predicted molar refractivity (Wildman–Crippen MR) is 122 cm³/mol. The van der Waals surface area contributed by atoms with Crippen LogP contribution in [0, 0.1) is 5.82 Å². The summed E-state index contributed by atoms with van der Waals surface area (Å²) in [7, 11) is 3.51. The molecule has 7 nitrogen and oxygen atoms in total. The van der Waals surface area contributed by atoms with E-state index < -0.39 is 0 Å². The molecule has 1 aromatic rings. The first-order valence-corrected chi connectivity index (χ1v) is 11.8. The summed E-state index contributed by atoms with van der Waals surface area (Å²) in [6.07, 6.45) is 4.59. The zero-order valence-electron chi connectivity index (χ0n) is 19.5. The van der Waals surface area contributed by atoms with Crippen LogP contribution in [0.25, 0.3) is 0 Å². The minimum absolute atomic E-state index is 0.0556. The number of benzene rings is 1. The van der Waals surface area contributed by atoms with E-state index in [9.17, 15) is 14.0 Å². The molecule has 1 unspecified atom stereocenters. The van der Waals surface area contributed by atoms with Gasteiger partial charge in [0.2, 0.25) is 0 Å². The number of likely N-dealkylation sites (tertiary alicyclic amines) is 2. The molecule has 0 N–H and O–H groups in total. The molecule has 0 aromatic heterocycles. The molecule has 1 aromatic carbocycles. The number of urea groups is 1. The maximum atomic E-state index is 14.2. The van der Waals surface area contributed by atoms with Crippen molar-refractivity contribution in [1.29, 1.82) is 0 Å². The van der Waals surface area contributed by atoms with Crippen molar-refractivity contribution in [3.63, 3.8) is 0 Å². The number of ether oxygens (including phenoxy) is 1. The first kappa shape index (κ1) is 22.8. The second kappa shape index (κ2) is 9.25. The zero-order chi connectivity index (χ0) is 22.9. The number of rotatable bonds is 2. The first-order valence-electron chi connectivity index (χ1n) is 11.8. The number of amides is 3. The highest BCUT2D eigenvalue weighted by molar-refractivity contribution is 5.95. The highest BCUT2D eigenvalue weighted by Gasteiger charge is 2.47. The number of hydrogen-bond donors (Lipinski definition) is 0. The number of fused-ring (bicyclic) bond motifs is 2. The van der Waals surface area contributed by atoms with Crippen LogP contribution >= 0.6 is 0 Å². The molecule has 32 heavy (non-hydrogen) atoms. The van der Waals surface area contributed by atoms with E-state index in [1.165, 1.54) is 6.07 Å². The van der Waals surface area contributed by atoms with E-state index in [2.05, 4.69) is 4.90 Å². The maximum absolute atomic E-state index is 14.2. The van der Waals surface area contributed by atoms with E-state index in [1.54, 1.807) is 31.1 Å². The van der Waals surface area contributed by atoms with Gasteiger partial charge in [0.1, 0.15) is 5.82 Å². The van der Waals surface area contributed by atoms with Gasteiger partial charge in [0, 0.05) is 50.9 Å². The minimum atomic E-state index is -0.243. The van der Waals surface area contributed by atoms with Crippen LogP contribution in [0.15, 0.2) is 18.2 Å². The van der Waals surface area contributed by atoms with Crippen LogP contribution in [-0.4, -0.2) is 86.3 Å². The quantitative estimate of drug-likeness (QED) is 0.696. The average molecular weight is 447 g/mol. The molecule has 3 aliphatic rings. The second-order valence-electron chi connectivity index (χ2n) is 9.51. The third-order valence-corrected chi connectivity index (χ3v) is 7.39. The molecular weight excluding hydrogens is 411 g/mol. The minimum Gasteiger partial charge on any atom is -0.450 e. The van der Waals surface area contributed by atoms with Gasteiger partial charge >= 0.3 is 12.1 Å². The summed E-state index contributed by atoms with van der Waals surface area (Å²) in [5, 5.41) is 0. The molecule has 0 aliphatic carbocycles. The fourth-order valence-electron chi connectivity index (χ4n) is 5.64. The Hall–Kier alpha value is -2.35. The van der Waals surface area contributed by atoms with E-state index in [0.717, 1.165) is 69.5 Å². The third kappa shape index (κ3) is 4.29. The number of anilines is 1. The van der Waals surface area contributed by atoms with Crippen molar-refractivity contribution in [1.82, 2.24) is 14.7 Å². The van der Waals surface area contributed by atoms with Crippen molar-refractivity contribution in [3.8, 4) is 0 Å². The van der Waals surface area contributed by atoms with Crippen LogP contribution in [0.1, 0.15) is 44.6 Å². The van der Waals surface area contributed by atoms with Crippen LogP contribution in [0.2, 0.25) is 0 Å². The lowest BCUT2D eigenvalue weighted by Crippen LogP contribution is -2.50. The molecule has 1 atom stereocenters. The van der Waals surface area contributed by atoms with Crippen molar-refractivity contribution >= 4 is 17.8 Å². The third-order valence-electron chi connectivity index (χ3n) is 7.39. The molecule has 2 fully saturated rings. The average Bonchev–Trinajstić information content (AvgIpc) is 2.93. The second-order valence-corrected chi connectivity index (χ2v) is 9.51. The monoisotopic (exact) mass is 446 g/mol. The van der Waals surface area contributed by atoms with Crippen molar-refractivity contribution < 1.29 is 18.7 Å². The highest BCUT2D eigenvalue weighted by Crippen LogP contribution is 2.48. The molecule has 3 heterocycles. The molecule has 8 heteroatoms. The van der Waals surface area contributed by atoms with Gasteiger partial charge < -0.3 is 19.4 Å². The van der Waals surface area contributed by atoms with E-state index >= 15 is 0 Å². The molecule has 3 amide bonds. The van der Waals surface area contributed by atoms with Crippen LogP contribution in [0.4, 0.5) is 19.7 Å². The Morgan fingerprint density at radius 1 is 1.16 bits per heavy atom. The highest BCUT2D eigenvalue weighted by atomic mass is 19.1. The van der Waals surface area contributed by atoms with Crippen molar-refractivity contribution in [2.45, 2.75) is 50.5 Å². The van der Waals surface area contributed by atoms with Gasteiger partial charge in [0.25, 0.3) is 0 Å². The molecule has 176 valence electrons. The van der Waals surface area contributed by atoms with Crippen LogP contribution in [0.5, 0.6) is 0 Å². The fraction of sp³-hybridized carbons (Fsp3) is 0.667. The topological polar surface area (TPSA) is 56.3 Å². The summed E-state index contributed by atoms with van der Waals surface area (Å²) >= 11 is 0. The van der Waals surface area contributed by atoms with Crippen LogP contribution in [-0.2, 0) is 10.2 Å². The number of halogens is 1. The van der Waals surface area contributed by atoms with Gasteiger partial charge in [-0.15, -0.1) is 0 Å². The Kier molecular flexibility index (Phi) is 6.60. The Morgan fingerprint density at radius 3 is 2.59 bits per heavy atom. The SMILES string of the molecule is CCOC(=O)N1CCCC(N2CCC3(CC2)CN(C(=O)N(C)C)c2ccc(F)cc23)CC1. The van der Waals surface area contributed by atoms with Crippen molar-refractivity contribution in [3.05, 3.63) is 29.6 Å². The maximum Gasteiger partial charge on any atom is 0.409 e. The summed E-state index contributed by atoms with van der Waals surface area (Å²) in [5.74, 6) is -0.243. The fourth-order valence-corrected chi connectivity index (χ4v) is 5.64. The molecule has 0 bridgehead atoms. The summed E-state index contributed by atoms with van der Waals surface area (Å²) in [6.45, 7) is 6.17. The smallest absolute Gasteiger partial charge is 0.409 e. The molecule has 2 saturated heterocycles. The first-order chi connectivity index (χ1) is 15.3. The lowest BCUT2D eigenvalue weighted by Gasteiger charge is -2.43. The summed E-state index contributed by atoms with van der Waals surface area (Å²) < 4.78 is 19.4. The number of hydrogen-bond acceptors (Lipinski definition) is 4. The van der Waals surface area contributed by atoms with Gasteiger partial charge in [-0.2, -0.15) is 0 Å². The van der Waals surface area contributed by atoms with E-state index in [1.807, 2.05) is 16.7 Å². The molecular formula is C24H35FN4O3. The Morgan fingerprint density at radius 2 is 1.91 bits per heavy atom. The summed E-state index contributed by atoms with van der Waals surface area (Å²) in [5.41, 5.74) is 1.63. The number of nitrogens with zero attached hydrogens (tertiary/aromatic N) is 4. The van der Waals surface area contributed by atoms with Crippen LogP contribution in [0.3, 0.4) is 0 Å².